The SMILES string of the molecule is Cc1nc(CN2CCC(O)CC(C)(C)C2)n[nH]1. The monoisotopic (exact) mass is 238 g/mol. The fourth-order valence-corrected chi connectivity index (χ4v) is 2.62. The van der Waals surface area contributed by atoms with E-state index in [1.165, 1.54) is 0 Å². The van der Waals surface area contributed by atoms with Crippen molar-refractivity contribution in [1.29, 1.82) is 0 Å². The number of aromatic nitrogens is 3. The van der Waals surface area contributed by atoms with Crippen LogP contribution in [-0.4, -0.2) is 44.4 Å². The lowest BCUT2D eigenvalue weighted by atomic mass is 9.87. The van der Waals surface area contributed by atoms with Gasteiger partial charge in [-0.2, -0.15) is 5.10 Å². The van der Waals surface area contributed by atoms with Crippen molar-refractivity contribution < 1.29 is 5.11 Å². The fraction of sp³-hybridized carbons (Fsp3) is 0.833. The number of aryl methyl sites for hydroxylation is 1. The Bertz CT molecular complexity index is 374. The molecule has 2 heterocycles. The van der Waals surface area contributed by atoms with Crippen LogP contribution >= 0.6 is 0 Å². The summed E-state index contributed by atoms with van der Waals surface area (Å²) >= 11 is 0. The molecule has 5 nitrogen and oxygen atoms in total. The highest BCUT2D eigenvalue weighted by molar-refractivity contribution is 4.90. The Labute approximate surface area is 102 Å². The molecule has 0 radical (unpaired) electrons. The van der Waals surface area contributed by atoms with E-state index in [1.807, 2.05) is 6.92 Å². The van der Waals surface area contributed by atoms with E-state index < -0.39 is 0 Å². The molecule has 1 aromatic heterocycles. The molecule has 0 saturated carbocycles. The average molecular weight is 238 g/mol. The molecule has 2 N–H and O–H groups in total. The molecule has 0 aromatic carbocycles. The van der Waals surface area contributed by atoms with E-state index in [-0.39, 0.29) is 11.5 Å². The molecule has 1 aliphatic rings. The van der Waals surface area contributed by atoms with Crippen molar-refractivity contribution in [3.8, 4) is 0 Å². The van der Waals surface area contributed by atoms with Gasteiger partial charge in [-0.15, -0.1) is 0 Å². The molecule has 1 fully saturated rings. The van der Waals surface area contributed by atoms with Gasteiger partial charge in [-0.25, -0.2) is 4.98 Å². The van der Waals surface area contributed by atoms with Crippen LogP contribution in [0.5, 0.6) is 0 Å². The Morgan fingerprint density at radius 3 is 2.94 bits per heavy atom. The number of hydrogen-bond acceptors (Lipinski definition) is 4. The number of aliphatic hydroxyl groups excluding tert-OH is 1. The van der Waals surface area contributed by atoms with E-state index in [0.29, 0.717) is 0 Å². The number of aromatic amines is 1. The molecule has 1 atom stereocenters. The van der Waals surface area contributed by atoms with E-state index >= 15 is 0 Å². The standard InChI is InChI=1S/C12H22N4O/c1-9-13-11(15-14-9)7-16-5-4-10(17)6-12(2,3)8-16/h10,17H,4-8H2,1-3H3,(H,13,14,15). The number of nitrogens with zero attached hydrogens (tertiary/aromatic N) is 3. The second kappa shape index (κ2) is 4.74. The highest BCUT2D eigenvalue weighted by Crippen LogP contribution is 2.28. The quantitative estimate of drug-likeness (QED) is 0.809. The van der Waals surface area contributed by atoms with Crippen molar-refractivity contribution in [1.82, 2.24) is 20.1 Å². The maximum atomic E-state index is 9.85. The maximum Gasteiger partial charge on any atom is 0.164 e. The summed E-state index contributed by atoms with van der Waals surface area (Å²) < 4.78 is 0. The first-order valence-electron chi connectivity index (χ1n) is 6.23. The van der Waals surface area contributed by atoms with Crippen LogP contribution in [0.2, 0.25) is 0 Å². The molecular formula is C12H22N4O. The Morgan fingerprint density at radius 1 is 1.53 bits per heavy atom. The zero-order valence-corrected chi connectivity index (χ0v) is 10.9. The van der Waals surface area contributed by atoms with Gasteiger partial charge in [0, 0.05) is 13.1 Å². The number of hydrogen-bond donors (Lipinski definition) is 2. The van der Waals surface area contributed by atoms with Crippen molar-refractivity contribution in [2.24, 2.45) is 5.41 Å². The minimum Gasteiger partial charge on any atom is -0.393 e. The molecule has 96 valence electrons. The van der Waals surface area contributed by atoms with Crippen molar-refractivity contribution in [3.63, 3.8) is 0 Å². The van der Waals surface area contributed by atoms with Crippen LogP contribution in [0.4, 0.5) is 0 Å². The smallest absolute Gasteiger partial charge is 0.164 e. The summed E-state index contributed by atoms with van der Waals surface area (Å²) in [4.78, 5) is 6.66. The van der Waals surface area contributed by atoms with E-state index in [0.717, 1.165) is 44.1 Å². The van der Waals surface area contributed by atoms with Gasteiger partial charge in [0.2, 0.25) is 0 Å². The van der Waals surface area contributed by atoms with E-state index in [9.17, 15) is 5.11 Å². The second-order valence-corrected chi connectivity index (χ2v) is 5.86. The van der Waals surface area contributed by atoms with Gasteiger partial charge in [0.1, 0.15) is 5.82 Å². The highest BCUT2D eigenvalue weighted by atomic mass is 16.3. The first kappa shape index (κ1) is 12.5. The van der Waals surface area contributed by atoms with Crippen molar-refractivity contribution >= 4 is 0 Å². The first-order valence-corrected chi connectivity index (χ1v) is 6.23. The topological polar surface area (TPSA) is 65.0 Å². The van der Waals surface area contributed by atoms with E-state index in [4.69, 9.17) is 0 Å². The van der Waals surface area contributed by atoms with E-state index in [1.54, 1.807) is 0 Å². The third kappa shape index (κ3) is 3.51. The number of likely N-dealkylation sites (tertiary alicyclic amines) is 1. The summed E-state index contributed by atoms with van der Waals surface area (Å²) in [6.45, 7) is 8.98. The Kier molecular flexibility index (Phi) is 3.49. The molecule has 0 amide bonds. The van der Waals surface area contributed by atoms with Crippen LogP contribution in [0.3, 0.4) is 0 Å². The molecule has 17 heavy (non-hydrogen) atoms. The molecule has 0 spiro atoms. The van der Waals surface area contributed by atoms with Crippen LogP contribution in [-0.2, 0) is 6.54 Å². The summed E-state index contributed by atoms with van der Waals surface area (Å²) in [5.41, 5.74) is 0.154. The van der Waals surface area contributed by atoms with Crippen molar-refractivity contribution in [2.75, 3.05) is 13.1 Å². The van der Waals surface area contributed by atoms with Crippen LogP contribution in [0, 0.1) is 12.3 Å². The molecule has 1 saturated heterocycles. The summed E-state index contributed by atoms with van der Waals surface area (Å²) in [7, 11) is 0. The summed E-state index contributed by atoms with van der Waals surface area (Å²) in [6, 6.07) is 0. The predicted molar refractivity (Wildman–Crippen MR) is 65.4 cm³/mol. The second-order valence-electron chi connectivity index (χ2n) is 5.86. The lowest BCUT2D eigenvalue weighted by molar-refractivity contribution is 0.121. The Morgan fingerprint density at radius 2 is 2.29 bits per heavy atom. The molecule has 1 unspecified atom stereocenters. The normalized spacial score (nSPS) is 25.8. The molecule has 0 aliphatic carbocycles. The summed E-state index contributed by atoms with van der Waals surface area (Å²) in [6.07, 6.45) is 1.53. The maximum absolute atomic E-state index is 9.85. The fourth-order valence-electron chi connectivity index (χ4n) is 2.62. The highest BCUT2D eigenvalue weighted by Gasteiger charge is 2.29. The first-order chi connectivity index (χ1) is 7.94. The van der Waals surface area contributed by atoms with Gasteiger partial charge in [0.25, 0.3) is 0 Å². The van der Waals surface area contributed by atoms with Crippen LogP contribution in [0.1, 0.15) is 38.3 Å². The molecule has 1 aromatic rings. The third-order valence-corrected chi connectivity index (χ3v) is 3.23. The number of rotatable bonds is 2. The lowest BCUT2D eigenvalue weighted by Gasteiger charge is -2.28. The van der Waals surface area contributed by atoms with E-state index in [2.05, 4.69) is 33.9 Å². The van der Waals surface area contributed by atoms with Gasteiger partial charge in [-0.3, -0.25) is 10.00 Å². The van der Waals surface area contributed by atoms with Gasteiger partial charge < -0.3 is 5.11 Å². The summed E-state index contributed by atoms with van der Waals surface area (Å²) in [5, 5.41) is 16.9. The van der Waals surface area contributed by atoms with Crippen molar-refractivity contribution in [2.45, 2.75) is 46.3 Å². The van der Waals surface area contributed by atoms with Crippen LogP contribution in [0.25, 0.3) is 0 Å². The molecule has 2 rings (SSSR count). The minimum absolute atomic E-state index is 0.154. The third-order valence-electron chi connectivity index (χ3n) is 3.23. The van der Waals surface area contributed by atoms with Gasteiger partial charge in [-0.1, -0.05) is 13.8 Å². The van der Waals surface area contributed by atoms with Crippen LogP contribution < -0.4 is 0 Å². The largest absolute Gasteiger partial charge is 0.393 e. The zero-order chi connectivity index (χ0) is 12.5. The van der Waals surface area contributed by atoms with Gasteiger partial charge >= 0.3 is 0 Å². The molecule has 0 bridgehead atoms. The summed E-state index contributed by atoms with van der Waals surface area (Å²) in [5.74, 6) is 1.70. The van der Waals surface area contributed by atoms with Gasteiger partial charge in [0.05, 0.1) is 12.6 Å². The van der Waals surface area contributed by atoms with Gasteiger partial charge in [0.15, 0.2) is 5.82 Å². The predicted octanol–water partition coefficient (Wildman–Crippen LogP) is 1.10. The zero-order valence-electron chi connectivity index (χ0n) is 10.9. The number of aliphatic hydroxyl groups is 1. The lowest BCUT2D eigenvalue weighted by Crippen LogP contribution is -2.32. The van der Waals surface area contributed by atoms with Crippen LogP contribution in [0.15, 0.2) is 0 Å². The minimum atomic E-state index is -0.177. The number of H-pyrrole nitrogens is 1. The molecular weight excluding hydrogens is 216 g/mol. The average Bonchev–Trinajstić information content (AvgIpc) is 2.53. The molecule has 1 aliphatic heterocycles. The van der Waals surface area contributed by atoms with Crippen molar-refractivity contribution in [3.05, 3.63) is 11.6 Å². The Hall–Kier alpha value is -0.940. The Balaban J connectivity index is 2.00. The number of nitrogens with one attached hydrogen (secondary N) is 1. The van der Waals surface area contributed by atoms with Gasteiger partial charge in [-0.05, 0) is 25.2 Å². The molecule has 5 heteroatoms.